The van der Waals surface area contributed by atoms with E-state index in [0.717, 1.165) is 49.0 Å². The number of aromatic nitrogens is 2. The second kappa shape index (κ2) is 15.5. The van der Waals surface area contributed by atoms with Crippen LogP contribution in [0.1, 0.15) is 29.8 Å². The SMILES string of the molecule is O=C(O)C(=O)O.c1ccc(COc2ccc(CN3CCC(Cn4c(COc5ccccc5)nc5ccccc54)CC3)cc2)cc1. The van der Waals surface area contributed by atoms with Gasteiger partial charge in [-0.1, -0.05) is 72.8 Å². The number of hydrogen-bond acceptors (Lipinski definition) is 6. The van der Waals surface area contributed by atoms with Crippen molar-refractivity contribution in [2.24, 2.45) is 5.92 Å². The molecule has 1 aliphatic heterocycles. The molecule has 5 aromatic rings. The molecule has 45 heavy (non-hydrogen) atoms. The van der Waals surface area contributed by atoms with Gasteiger partial charge in [0.2, 0.25) is 0 Å². The van der Waals surface area contributed by atoms with Crippen molar-refractivity contribution in [1.82, 2.24) is 14.5 Å². The highest BCUT2D eigenvalue weighted by molar-refractivity contribution is 6.27. The Balaban J connectivity index is 0.000000609. The number of piperidine rings is 1. The zero-order chi connectivity index (χ0) is 31.4. The monoisotopic (exact) mass is 607 g/mol. The lowest BCUT2D eigenvalue weighted by atomic mass is 9.96. The van der Waals surface area contributed by atoms with Crippen LogP contribution in [-0.4, -0.2) is 49.7 Å². The van der Waals surface area contributed by atoms with Gasteiger partial charge in [-0.15, -0.1) is 0 Å². The summed E-state index contributed by atoms with van der Waals surface area (Å²) in [5.41, 5.74) is 4.75. The summed E-state index contributed by atoms with van der Waals surface area (Å²) >= 11 is 0. The van der Waals surface area contributed by atoms with Crippen LogP contribution >= 0.6 is 0 Å². The third kappa shape index (κ3) is 9.17. The van der Waals surface area contributed by atoms with Crippen LogP contribution < -0.4 is 9.47 Å². The maximum atomic E-state index is 9.10. The summed E-state index contributed by atoms with van der Waals surface area (Å²) in [5, 5.41) is 14.8. The minimum atomic E-state index is -1.82. The normalized spacial score (nSPS) is 13.5. The first kappa shape index (κ1) is 31.3. The van der Waals surface area contributed by atoms with E-state index in [1.54, 1.807) is 0 Å². The number of ether oxygens (including phenoxy) is 2. The number of imidazole rings is 1. The van der Waals surface area contributed by atoms with Crippen molar-refractivity contribution in [2.45, 2.75) is 39.1 Å². The summed E-state index contributed by atoms with van der Waals surface area (Å²) in [5.74, 6) is -0.230. The average Bonchev–Trinajstić information content (AvgIpc) is 3.42. The minimum absolute atomic E-state index is 0.475. The lowest BCUT2D eigenvalue weighted by molar-refractivity contribution is -0.159. The molecule has 0 atom stereocenters. The molecule has 1 saturated heterocycles. The molecule has 0 spiro atoms. The third-order valence-electron chi connectivity index (χ3n) is 7.75. The largest absolute Gasteiger partial charge is 0.489 e. The highest BCUT2D eigenvalue weighted by Gasteiger charge is 2.22. The number of fused-ring (bicyclic) bond motifs is 1. The van der Waals surface area contributed by atoms with Crippen molar-refractivity contribution in [2.75, 3.05) is 13.1 Å². The molecule has 0 unspecified atom stereocenters. The molecule has 4 aromatic carbocycles. The Kier molecular flexibility index (Phi) is 10.8. The van der Waals surface area contributed by atoms with E-state index in [2.05, 4.69) is 70.1 Å². The lowest BCUT2D eigenvalue weighted by Crippen LogP contribution is -2.34. The van der Waals surface area contributed by atoms with Crippen LogP contribution in [0.5, 0.6) is 11.5 Å². The summed E-state index contributed by atoms with van der Waals surface area (Å²) in [6.45, 7) is 5.26. The topological polar surface area (TPSA) is 114 Å². The van der Waals surface area contributed by atoms with Gasteiger partial charge in [-0.3, -0.25) is 4.90 Å². The summed E-state index contributed by atoms with van der Waals surface area (Å²) < 4.78 is 14.4. The molecular formula is C36H37N3O6. The molecule has 6 rings (SSSR count). The fourth-order valence-corrected chi connectivity index (χ4v) is 5.38. The van der Waals surface area contributed by atoms with Crippen LogP contribution in [0, 0.1) is 5.92 Å². The summed E-state index contributed by atoms with van der Waals surface area (Å²) in [4.78, 5) is 25.7. The van der Waals surface area contributed by atoms with E-state index >= 15 is 0 Å². The minimum Gasteiger partial charge on any atom is -0.489 e. The summed E-state index contributed by atoms with van der Waals surface area (Å²) in [7, 11) is 0. The number of likely N-dealkylation sites (tertiary alicyclic amines) is 1. The highest BCUT2D eigenvalue weighted by Crippen LogP contribution is 2.26. The van der Waals surface area contributed by atoms with Crippen LogP contribution in [-0.2, 0) is 35.9 Å². The quantitative estimate of drug-likeness (QED) is 0.179. The first-order valence-corrected chi connectivity index (χ1v) is 15.0. The second-order valence-corrected chi connectivity index (χ2v) is 11.0. The van der Waals surface area contributed by atoms with Crippen molar-refractivity contribution < 1.29 is 29.3 Å². The Bertz CT molecular complexity index is 1650. The van der Waals surface area contributed by atoms with E-state index in [0.29, 0.717) is 19.1 Å². The van der Waals surface area contributed by atoms with E-state index in [-0.39, 0.29) is 0 Å². The van der Waals surface area contributed by atoms with Crippen LogP contribution in [0.3, 0.4) is 0 Å². The van der Waals surface area contributed by atoms with Crippen molar-refractivity contribution in [3.05, 3.63) is 126 Å². The number of hydrogen-bond donors (Lipinski definition) is 2. The van der Waals surface area contributed by atoms with Crippen molar-refractivity contribution in [3.8, 4) is 11.5 Å². The Morgan fingerprint density at radius 1 is 0.689 bits per heavy atom. The summed E-state index contributed by atoms with van der Waals surface area (Å²) in [6, 6.07) is 37.3. The predicted octanol–water partition coefficient (Wildman–Crippen LogP) is 6.26. The van der Waals surface area contributed by atoms with E-state index in [4.69, 9.17) is 34.3 Å². The van der Waals surface area contributed by atoms with Gasteiger partial charge in [0.05, 0.1) is 11.0 Å². The third-order valence-corrected chi connectivity index (χ3v) is 7.75. The molecule has 1 fully saturated rings. The van der Waals surface area contributed by atoms with Gasteiger partial charge >= 0.3 is 11.9 Å². The Hall–Kier alpha value is -5.15. The number of carboxylic acid groups (broad SMARTS) is 2. The van der Waals surface area contributed by atoms with E-state index < -0.39 is 11.9 Å². The van der Waals surface area contributed by atoms with Crippen molar-refractivity contribution >= 4 is 23.0 Å². The zero-order valence-electron chi connectivity index (χ0n) is 25.0. The van der Waals surface area contributed by atoms with Crippen molar-refractivity contribution in [3.63, 3.8) is 0 Å². The van der Waals surface area contributed by atoms with E-state index in [1.807, 2.05) is 48.5 Å². The average molecular weight is 608 g/mol. The molecular weight excluding hydrogens is 570 g/mol. The maximum Gasteiger partial charge on any atom is 0.414 e. The molecule has 1 aromatic heterocycles. The molecule has 0 aliphatic carbocycles. The second-order valence-electron chi connectivity index (χ2n) is 11.0. The van der Waals surface area contributed by atoms with Crippen LogP contribution in [0.25, 0.3) is 11.0 Å². The lowest BCUT2D eigenvalue weighted by Gasteiger charge is -2.32. The first-order chi connectivity index (χ1) is 21.9. The van der Waals surface area contributed by atoms with Crippen LogP contribution in [0.15, 0.2) is 109 Å². The molecule has 1 aliphatic rings. The number of aliphatic carboxylic acids is 2. The number of nitrogens with zero attached hydrogens (tertiary/aromatic N) is 3. The Morgan fingerprint density at radius 2 is 1.27 bits per heavy atom. The van der Waals surface area contributed by atoms with Crippen LogP contribution in [0.4, 0.5) is 0 Å². The standard InChI is InChI=1S/C34H35N3O2.C2H2O4/c1-3-9-29(10-4-1)25-38-31-17-15-27(16-18-31)23-36-21-19-28(20-22-36)24-37-33-14-8-7-13-32(33)35-34(37)26-39-30-11-5-2-6-12-30;3-1(4)2(5)6/h1-18,28H,19-26H2;(H,3,4)(H,5,6). The molecule has 0 saturated carbocycles. The molecule has 0 bridgehead atoms. The van der Waals surface area contributed by atoms with Gasteiger partial charge in [-0.2, -0.15) is 0 Å². The van der Waals surface area contributed by atoms with E-state index in [1.165, 1.54) is 29.5 Å². The number of para-hydroxylation sites is 3. The number of rotatable bonds is 10. The smallest absolute Gasteiger partial charge is 0.414 e. The predicted molar refractivity (Wildman–Crippen MR) is 171 cm³/mol. The fourth-order valence-electron chi connectivity index (χ4n) is 5.38. The molecule has 0 amide bonds. The summed E-state index contributed by atoms with van der Waals surface area (Å²) in [6.07, 6.45) is 2.37. The molecule has 9 heteroatoms. The van der Waals surface area contributed by atoms with Gasteiger partial charge in [0.1, 0.15) is 30.5 Å². The van der Waals surface area contributed by atoms with Gasteiger partial charge in [0.15, 0.2) is 0 Å². The number of carbonyl (C=O) groups is 2. The maximum absolute atomic E-state index is 9.10. The van der Waals surface area contributed by atoms with Gasteiger partial charge in [0.25, 0.3) is 0 Å². The van der Waals surface area contributed by atoms with Crippen LogP contribution in [0.2, 0.25) is 0 Å². The van der Waals surface area contributed by atoms with Crippen molar-refractivity contribution in [1.29, 1.82) is 0 Å². The highest BCUT2D eigenvalue weighted by atomic mass is 16.5. The van der Waals surface area contributed by atoms with Gasteiger partial charge in [0, 0.05) is 13.1 Å². The first-order valence-electron chi connectivity index (χ1n) is 15.0. The molecule has 2 N–H and O–H groups in total. The number of benzene rings is 4. The van der Waals surface area contributed by atoms with Gasteiger partial charge < -0.3 is 24.3 Å². The molecule has 9 nitrogen and oxygen atoms in total. The van der Waals surface area contributed by atoms with E-state index in [9.17, 15) is 0 Å². The molecule has 232 valence electrons. The molecule has 0 radical (unpaired) electrons. The Morgan fingerprint density at radius 3 is 1.93 bits per heavy atom. The Labute approximate surface area is 262 Å². The number of carboxylic acids is 2. The van der Waals surface area contributed by atoms with Gasteiger partial charge in [-0.25, -0.2) is 14.6 Å². The fraction of sp³-hybridized carbons (Fsp3) is 0.250. The van der Waals surface area contributed by atoms with Gasteiger partial charge in [-0.05, 0) is 79.4 Å². The molecule has 2 heterocycles. The zero-order valence-corrected chi connectivity index (χ0v) is 25.0.